The van der Waals surface area contributed by atoms with E-state index in [1.807, 2.05) is 11.0 Å². The first-order valence-electron chi connectivity index (χ1n) is 14.2. The number of fused-ring (bicyclic) bond motifs is 1. The Labute approximate surface area is 259 Å². The van der Waals surface area contributed by atoms with Crippen LogP contribution in [0.25, 0.3) is 0 Å². The van der Waals surface area contributed by atoms with Crippen molar-refractivity contribution in [3.05, 3.63) is 59.2 Å². The normalized spacial score (nSPS) is 24.4. The molecule has 0 spiro atoms. The number of aromatic nitrogens is 1. The van der Waals surface area contributed by atoms with Crippen LogP contribution in [0, 0.1) is 5.82 Å². The number of amides is 2. The molecule has 1 aromatic carbocycles. The Bertz CT molecular complexity index is 1250. The van der Waals surface area contributed by atoms with Crippen LogP contribution in [0.5, 0.6) is 0 Å². The predicted octanol–water partition coefficient (Wildman–Crippen LogP) is 3.07. The van der Waals surface area contributed by atoms with Gasteiger partial charge in [0.2, 0.25) is 11.8 Å². The van der Waals surface area contributed by atoms with E-state index in [2.05, 4.69) is 42.9 Å². The molecule has 4 heterocycles. The van der Waals surface area contributed by atoms with Gasteiger partial charge in [0.15, 0.2) is 0 Å². The lowest BCUT2D eigenvalue weighted by atomic mass is 9.90. The molecule has 2 N–H and O–H groups in total. The Morgan fingerprint density at radius 2 is 1.93 bits per heavy atom. The van der Waals surface area contributed by atoms with Crippen molar-refractivity contribution in [2.75, 3.05) is 50.8 Å². The van der Waals surface area contributed by atoms with Gasteiger partial charge in [0.1, 0.15) is 18.5 Å². The summed E-state index contributed by atoms with van der Waals surface area (Å²) >= 11 is 0. The molecule has 2 amide bonds. The average Bonchev–Trinajstić information content (AvgIpc) is 3.21. The van der Waals surface area contributed by atoms with Gasteiger partial charge in [0.25, 0.3) is 0 Å². The summed E-state index contributed by atoms with van der Waals surface area (Å²) < 4.78 is 19.0. The van der Waals surface area contributed by atoms with Crippen molar-refractivity contribution in [1.82, 2.24) is 20.1 Å². The number of aliphatic hydroxyl groups is 1. The summed E-state index contributed by atoms with van der Waals surface area (Å²) in [5.74, 6) is -0.422. The maximum absolute atomic E-state index is 13.9. The van der Waals surface area contributed by atoms with E-state index < -0.39 is 6.10 Å². The largest absolute Gasteiger partial charge is 0.384 e. The standard InChI is InChI=1S/C30H40FN5O4.2ClH/c1-5-24-15-35(27(38)17-40-24)14-23-12-32-19(2)13-34(23)16-26(37)36-18-30(3,4)29-25(36)10-21(11-33-29)28(39)20-6-8-22(31)9-7-20;;/h6-11,19,23-24,28,32,39H,5,12-18H2,1-4H3;2*1H/t19-,23-,24+,28+;;/m1../s1. The molecule has 2 saturated heterocycles. The smallest absolute Gasteiger partial charge is 0.248 e. The molecular weight excluding hydrogens is 584 g/mol. The number of morpholine rings is 1. The number of piperazine rings is 1. The van der Waals surface area contributed by atoms with Crippen LogP contribution in [0.4, 0.5) is 10.1 Å². The third-order valence-electron chi connectivity index (χ3n) is 8.35. The number of rotatable bonds is 7. The van der Waals surface area contributed by atoms with Crippen LogP contribution in [0.15, 0.2) is 36.5 Å². The number of carbonyl (C=O) groups excluding carboxylic acids is 2. The predicted molar refractivity (Wildman–Crippen MR) is 164 cm³/mol. The van der Waals surface area contributed by atoms with Gasteiger partial charge < -0.3 is 25.0 Å². The van der Waals surface area contributed by atoms with E-state index in [1.165, 1.54) is 12.1 Å². The van der Waals surface area contributed by atoms with Crippen molar-refractivity contribution in [2.45, 2.75) is 63.8 Å². The molecule has 12 heteroatoms. The summed E-state index contributed by atoms with van der Waals surface area (Å²) in [6.07, 6.45) is 1.54. The lowest BCUT2D eigenvalue weighted by molar-refractivity contribution is -0.150. The van der Waals surface area contributed by atoms with Crippen molar-refractivity contribution >= 4 is 42.3 Å². The SMILES string of the molecule is CC[C@H]1CN(C[C@H]2CN[C@H](C)CN2CC(=O)N2CC(C)(C)c3ncc([C@@H](O)c4ccc(F)cc4)cc32)C(=O)CO1.Cl.Cl. The van der Waals surface area contributed by atoms with E-state index in [0.717, 1.165) is 12.1 Å². The highest BCUT2D eigenvalue weighted by Gasteiger charge is 2.41. The van der Waals surface area contributed by atoms with Gasteiger partial charge in [-0.1, -0.05) is 32.9 Å². The molecule has 0 bridgehead atoms. The van der Waals surface area contributed by atoms with Crippen LogP contribution >= 0.6 is 24.8 Å². The second-order valence-corrected chi connectivity index (χ2v) is 12.0. The average molecular weight is 627 g/mol. The first kappa shape index (κ1) is 34.2. The summed E-state index contributed by atoms with van der Waals surface area (Å²) in [4.78, 5) is 37.0. The van der Waals surface area contributed by atoms with Gasteiger partial charge in [0.05, 0.1) is 24.0 Å². The van der Waals surface area contributed by atoms with E-state index in [4.69, 9.17) is 4.74 Å². The number of halogens is 3. The molecule has 3 aliphatic heterocycles. The quantitative estimate of drug-likeness (QED) is 0.488. The zero-order valence-corrected chi connectivity index (χ0v) is 26.2. The Morgan fingerprint density at radius 3 is 2.62 bits per heavy atom. The second kappa shape index (κ2) is 14.0. The number of carbonyl (C=O) groups is 2. The number of nitrogens with one attached hydrogen (secondary N) is 1. The van der Waals surface area contributed by atoms with E-state index in [9.17, 15) is 19.1 Å². The molecule has 0 aliphatic carbocycles. The molecule has 3 aliphatic rings. The van der Waals surface area contributed by atoms with Crippen LogP contribution in [-0.2, 0) is 19.7 Å². The summed E-state index contributed by atoms with van der Waals surface area (Å²) in [6.45, 7) is 11.6. The number of anilines is 1. The molecule has 0 radical (unpaired) electrons. The molecule has 5 rings (SSSR count). The molecule has 4 atom stereocenters. The van der Waals surface area contributed by atoms with Gasteiger partial charge in [-0.05, 0) is 37.1 Å². The summed E-state index contributed by atoms with van der Waals surface area (Å²) in [7, 11) is 0. The Morgan fingerprint density at radius 1 is 1.21 bits per heavy atom. The number of hydrogen-bond donors (Lipinski definition) is 2. The molecule has 42 heavy (non-hydrogen) atoms. The van der Waals surface area contributed by atoms with E-state index >= 15 is 0 Å². The number of aliphatic hydroxyl groups excluding tert-OH is 1. The highest BCUT2D eigenvalue weighted by atomic mass is 35.5. The maximum atomic E-state index is 13.9. The number of pyridine rings is 1. The maximum Gasteiger partial charge on any atom is 0.248 e. The summed E-state index contributed by atoms with van der Waals surface area (Å²) in [6, 6.07) is 7.78. The number of hydrogen-bond acceptors (Lipinski definition) is 7. The van der Waals surface area contributed by atoms with Gasteiger partial charge in [-0.2, -0.15) is 0 Å². The second-order valence-electron chi connectivity index (χ2n) is 12.0. The van der Waals surface area contributed by atoms with E-state index in [0.29, 0.717) is 49.5 Å². The zero-order valence-electron chi connectivity index (χ0n) is 24.6. The van der Waals surface area contributed by atoms with Gasteiger partial charge in [-0.15, -0.1) is 24.8 Å². The zero-order chi connectivity index (χ0) is 28.6. The first-order chi connectivity index (χ1) is 19.1. The molecule has 232 valence electrons. The highest BCUT2D eigenvalue weighted by molar-refractivity contribution is 5.97. The van der Waals surface area contributed by atoms with Crippen molar-refractivity contribution in [3.8, 4) is 0 Å². The van der Waals surface area contributed by atoms with Gasteiger partial charge in [-0.3, -0.25) is 19.5 Å². The van der Waals surface area contributed by atoms with E-state index in [-0.39, 0.29) is 79.2 Å². The van der Waals surface area contributed by atoms with Crippen LogP contribution < -0.4 is 10.2 Å². The van der Waals surface area contributed by atoms with Gasteiger partial charge in [0, 0.05) is 62.0 Å². The number of ether oxygens (including phenoxy) is 1. The minimum atomic E-state index is -0.990. The number of nitrogens with zero attached hydrogens (tertiary/aromatic N) is 4. The highest BCUT2D eigenvalue weighted by Crippen LogP contribution is 2.40. The van der Waals surface area contributed by atoms with Crippen LogP contribution in [0.2, 0.25) is 0 Å². The van der Waals surface area contributed by atoms with Crippen molar-refractivity contribution in [1.29, 1.82) is 0 Å². The van der Waals surface area contributed by atoms with Crippen molar-refractivity contribution in [2.24, 2.45) is 0 Å². The lowest BCUT2D eigenvalue weighted by Gasteiger charge is -2.43. The van der Waals surface area contributed by atoms with E-state index in [1.54, 1.807) is 23.2 Å². The molecule has 9 nitrogen and oxygen atoms in total. The van der Waals surface area contributed by atoms with Crippen molar-refractivity contribution in [3.63, 3.8) is 0 Å². The lowest BCUT2D eigenvalue weighted by Crippen LogP contribution is -2.62. The third-order valence-corrected chi connectivity index (χ3v) is 8.35. The summed E-state index contributed by atoms with van der Waals surface area (Å²) in [5.41, 5.74) is 2.26. The Hall–Kier alpha value is -2.34. The first-order valence-corrected chi connectivity index (χ1v) is 14.2. The Kier molecular flexibility index (Phi) is 11.4. The van der Waals surface area contributed by atoms with Crippen LogP contribution in [0.1, 0.15) is 57.0 Å². The monoisotopic (exact) mass is 625 g/mol. The topological polar surface area (TPSA) is 98.2 Å². The molecule has 0 unspecified atom stereocenters. The van der Waals surface area contributed by atoms with Crippen LogP contribution in [-0.4, -0.2) is 95.8 Å². The van der Waals surface area contributed by atoms with Gasteiger partial charge in [-0.25, -0.2) is 4.39 Å². The Balaban J connectivity index is 0.00000242. The minimum absolute atomic E-state index is 0. The van der Waals surface area contributed by atoms with Crippen molar-refractivity contribution < 1.29 is 23.8 Å². The van der Waals surface area contributed by atoms with Gasteiger partial charge >= 0.3 is 0 Å². The minimum Gasteiger partial charge on any atom is -0.384 e. The molecule has 2 fully saturated rings. The fraction of sp³-hybridized carbons (Fsp3) is 0.567. The fourth-order valence-electron chi connectivity index (χ4n) is 5.98. The van der Waals surface area contributed by atoms with Crippen LogP contribution in [0.3, 0.4) is 0 Å². The molecule has 1 aromatic heterocycles. The fourth-order valence-corrected chi connectivity index (χ4v) is 5.98. The molecular formula is C30H42Cl2FN5O4. The summed E-state index contributed by atoms with van der Waals surface area (Å²) in [5, 5.41) is 14.5. The molecule has 2 aromatic rings. The number of benzene rings is 1. The molecule has 0 saturated carbocycles. The third kappa shape index (κ3) is 7.23.